The quantitative estimate of drug-likeness (QED) is 0.879. The third kappa shape index (κ3) is 2.85. The maximum Gasteiger partial charge on any atom is 0.122 e. The van der Waals surface area contributed by atoms with Crippen LogP contribution < -0.4 is 10.5 Å². The molecule has 2 N–H and O–H groups in total. The summed E-state index contributed by atoms with van der Waals surface area (Å²) >= 11 is 1.85. The summed E-state index contributed by atoms with van der Waals surface area (Å²) in [5.74, 6) is 1.35. The van der Waals surface area contributed by atoms with Gasteiger partial charge in [0.1, 0.15) is 5.75 Å². The Morgan fingerprint density at radius 2 is 1.95 bits per heavy atom. The molecule has 1 aromatic heterocycles. The lowest BCUT2D eigenvalue weighted by atomic mass is 9.86. The molecular weight excluding hydrogens is 278 g/mol. The van der Waals surface area contributed by atoms with Crippen LogP contribution in [0.5, 0.6) is 5.75 Å². The molecule has 0 bridgehead atoms. The molecule has 21 heavy (non-hydrogen) atoms. The van der Waals surface area contributed by atoms with Gasteiger partial charge in [-0.2, -0.15) is 0 Å². The van der Waals surface area contributed by atoms with Crippen molar-refractivity contribution in [1.29, 1.82) is 0 Å². The molecule has 0 fully saturated rings. The first-order valence-corrected chi connectivity index (χ1v) is 8.36. The first-order valence-electron chi connectivity index (χ1n) is 7.54. The third-order valence-electron chi connectivity index (χ3n) is 4.13. The Balaban J connectivity index is 1.89. The first kappa shape index (κ1) is 14.6. The second kappa shape index (κ2) is 5.47. The molecule has 0 amide bonds. The summed E-state index contributed by atoms with van der Waals surface area (Å²) in [4.78, 5) is 2.68. The molecule has 1 aromatic carbocycles. The topological polar surface area (TPSA) is 35.2 Å². The van der Waals surface area contributed by atoms with Gasteiger partial charge in [0, 0.05) is 21.7 Å². The summed E-state index contributed by atoms with van der Waals surface area (Å²) in [6.07, 6.45) is 0.987. The van der Waals surface area contributed by atoms with Crippen molar-refractivity contribution < 1.29 is 4.74 Å². The zero-order valence-corrected chi connectivity index (χ0v) is 13.7. The van der Waals surface area contributed by atoms with Gasteiger partial charge in [-0.3, -0.25) is 0 Å². The fourth-order valence-electron chi connectivity index (χ4n) is 2.88. The Morgan fingerprint density at radius 1 is 1.19 bits per heavy atom. The Labute approximate surface area is 130 Å². The maximum atomic E-state index is 6.60. The fourth-order valence-corrected chi connectivity index (χ4v) is 4.01. The lowest BCUT2D eigenvalue weighted by Gasteiger charge is -2.29. The number of fused-ring (bicyclic) bond motifs is 1. The Morgan fingerprint density at radius 3 is 2.67 bits per heavy atom. The van der Waals surface area contributed by atoms with Gasteiger partial charge in [0.2, 0.25) is 0 Å². The highest BCUT2D eigenvalue weighted by molar-refractivity contribution is 7.12. The molecule has 1 aliphatic heterocycles. The zero-order valence-electron chi connectivity index (χ0n) is 12.9. The van der Waals surface area contributed by atoms with Gasteiger partial charge < -0.3 is 10.5 Å². The summed E-state index contributed by atoms with van der Waals surface area (Å²) < 4.78 is 5.75. The van der Waals surface area contributed by atoms with E-state index in [0.717, 1.165) is 18.8 Å². The number of nitrogens with two attached hydrogens (primary N) is 1. The average Bonchev–Trinajstić information content (AvgIpc) is 2.96. The largest absolute Gasteiger partial charge is 0.493 e. The van der Waals surface area contributed by atoms with Crippen molar-refractivity contribution in [2.45, 2.75) is 44.6 Å². The molecule has 0 saturated heterocycles. The van der Waals surface area contributed by atoms with Crippen LogP contribution in [0.15, 0.2) is 36.4 Å². The summed E-state index contributed by atoms with van der Waals surface area (Å²) in [6.45, 7) is 7.50. The van der Waals surface area contributed by atoms with Crippen LogP contribution in [0.25, 0.3) is 0 Å². The molecule has 0 radical (unpaired) electrons. The van der Waals surface area contributed by atoms with Crippen molar-refractivity contribution in [1.82, 2.24) is 0 Å². The van der Waals surface area contributed by atoms with Crippen LogP contribution >= 0.6 is 11.3 Å². The molecule has 0 aliphatic carbocycles. The molecule has 2 nitrogen and oxygen atoms in total. The smallest absolute Gasteiger partial charge is 0.122 e. The third-order valence-corrected chi connectivity index (χ3v) is 5.75. The number of hydrogen-bond donors (Lipinski definition) is 1. The van der Waals surface area contributed by atoms with Crippen LogP contribution in [0, 0.1) is 0 Å². The predicted molar refractivity (Wildman–Crippen MR) is 89.2 cm³/mol. The second-order valence-corrected chi connectivity index (χ2v) is 7.87. The highest BCUT2D eigenvalue weighted by Gasteiger charge is 2.29. The number of hydrogen-bond acceptors (Lipinski definition) is 3. The molecule has 0 saturated carbocycles. The summed E-state index contributed by atoms with van der Waals surface area (Å²) in [5.41, 5.74) is 8.04. The standard InChI is InChI=1S/C18H23NOS/c1-18(2,3)16-9-8-15(21-16)17(19)13-10-11-20-14-7-5-4-6-12(13)14/h4-9,13,17H,10-11,19H2,1-3H3. The second-order valence-electron chi connectivity index (χ2n) is 6.76. The van der Waals surface area contributed by atoms with Gasteiger partial charge in [0.25, 0.3) is 0 Å². The van der Waals surface area contributed by atoms with Crippen molar-refractivity contribution in [2.24, 2.45) is 5.73 Å². The van der Waals surface area contributed by atoms with Gasteiger partial charge in [0.15, 0.2) is 0 Å². The highest BCUT2D eigenvalue weighted by Crippen LogP contribution is 2.42. The van der Waals surface area contributed by atoms with Gasteiger partial charge in [0.05, 0.1) is 6.61 Å². The normalized spacial score (nSPS) is 19.7. The molecule has 2 aromatic rings. The number of para-hydroxylation sites is 1. The molecule has 112 valence electrons. The van der Waals surface area contributed by atoms with Crippen LogP contribution in [0.1, 0.15) is 54.5 Å². The van der Waals surface area contributed by atoms with E-state index in [2.05, 4.69) is 45.0 Å². The molecule has 3 rings (SSSR count). The van der Waals surface area contributed by atoms with Crippen molar-refractivity contribution in [3.63, 3.8) is 0 Å². The highest BCUT2D eigenvalue weighted by atomic mass is 32.1. The average molecular weight is 301 g/mol. The summed E-state index contributed by atoms with van der Waals surface area (Å²) in [5, 5.41) is 0. The monoisotopic (exact) mass is 301 g/mol. The minimum atomic E-state index is 0.0520. The van der Waals surface area contributed by atoms with Crippen LogP contribution in [-0.2, 0) is 5.41 Å². The van der Waals surface area contributed by atoms with Crippen LogP contribution in [0.2, 0.25) is 0 Å². The molecule has 3 heteroatoms. The van der Waals surface area contributed by atoms with Gasteiger partial charge >= 0.3 is 0 Å². The van der Waals surface area contributed by atoms with Crippen LogP contribution in [0.3, 0.4) is 0 Å². The zero-order chi connectivity index (χ0) is 15.0. The summed E-state index contributed by atoms with van der Waals surface area (Å²) in [7, 11) is 0. The number of thiophene rings is 1. The molecule has 2 unspecified atom stereocenters. The number of rotatable bonds is 2. The minimum absolute atomic E-state index is 0.0520. The summed E-state index contributed by atoms with van der Waals surface area (Å²) in [6, 6.07) is 12.8. The fraction of sp³-hybridized carbons (Fsp3) is 0.444. The minimum Gasteiger partial charge on any atom is -0.493 e. The van der Waals surface area contributed by atoms with E-state index in [1.54, 1.807) is 0 Å². The van der Waals surface area contributed by atoms with Crippen LogP contribution in [0.4, 0.5) is 0 Å². The molecule has 1 aliphatic rings. The Kier molecular flexibility index (Phi) is 3.80. The van der Waals surface area contributed by atoms with Crippen molar-refractivity contribution in [2.75, 3.05) is 6.61 Å². The Hall–Kier alpha value is -1.32. The van der Waals surface area contributed by atoms with Crippen molar-refractivity contribution in [3.05, 3.63) is 51.7 Å². The van der Waals surface area contributed by atoms with E-state index in [9.17, 15) is 0 Å². The van der Waals surface area contributed by atoms with E-state index in [-0.39, 0.29) is 11.5 Å². The van der Waals surface area contributed by atoms with Crippen molar-refractivity contribution in [3.8, 4) is 5.75 Å². The van der Waals surface area contributed by atoms with Gasteiger partial charge in [-0.15, -0.1) is 11.3 Å². The lowest BCUT2D eigenvalue weighted by molar-refractivity contribution is 0.256. The lowest BCUT2D eigenvalue weighted by Crippen LogP contribution is -2.24. The van der Waals surface area contributed by atoms with E-state index >= 15 is 0 Å². The molecule has 0 spiro atoms. The van der Waals surface area contributed by atoms with E-state index in [1.807, 2.05) is 23.5 Å². The van der Waals surface area contributed by atoms with Gasteiger partial charge in [-0.25, -0.2) is 0 Å². The SMILES string of the molecule is CC(C)(C)c1ccc(C(N)C2CCOc3ccccc32)s1. The molecular formula is C18H23NOS. The van der Waals surface area contributed by atoms with E-state index < -0.39 is 0 Å². The molecule has 2 atom stereocenters. The van der Waals surface area contributed by atoms with E-state index in [4.69, 9.17) is 10.5 Å². The predicted octanol–water partition coefficient (Wildman–Crippen LogP) is 4.61. The van der Waals surface area contributed by atoms with Gasteiger partial charge in [-0.05, 0) is 35.6 Å². The number of ether oxygens (including phenoxy) is 1. The van der Waals surface area contributed by atoms with E-state index in [1.165, 1.54) is 15.3 Å². The van der Waals surface area contributed by atoms with Crippen LogP contribution in [-0.4, -0.2) is 6.61 Å². The van der Waals surface area contributed by atoms with E-state index in [0.29, 0.717) is 5.92 Å². The maximum absolute atomic E-state index is 6.60. The number of benzene rings is 1. The Bertz CT molecular complexity index is 626. The first-order chi connectivity index (χ1) is 9.97. The van der Waals surface area contributed by atoms with Gasteiger partial charge in [-0.1, -0.05) is 39.0 Å². The van der Waals surface area contributed by atoms with Crippen molar-refractivity contribution >= 4 is 11.3 Å². The molecule has 2 heterocycles.